The molecule has 0 radical (unpaired) electrons. The number of aromatic nitrogens is 3. The first-order valence-corrected chi connectivity index (χ1v) is 9.04. The molecule has 3 aromatic rings. The number of aliphatic hydroxyl groups excluding tert-OH is 1. The average Bonchev–Trinajstić information content (AvgIpc) is 3.16. The Bertz CT molecular complexity index is 930. The van der Waals surface area contributed by atoms with E-state index in [1.165, 1.54) is 16.8 Å². The topological polar surface area (TPSA) is 84.1 Å². The van der Waals surface area contributed by atoms with Crippen molar-refractivity contribution in [1.82, 2.24) is 15.0 Å². The third kappa shape index (κ3) is 2.84. The summed E-state index contributed by atoms with van der Waals surface area (Å²) in [5.41, 5.74) is 6.01. The van der Waals surface area contributed by atoms with Crippen molar-refractivity contribution < 1.29 is 9.52 Å². The van der Waals surface area contributed by atoms with Crippen LogP contribution >= 0.6 is 0 Å². The zero-order valence-electron chi connectivity index (χ0n) is 15.0. The number of rotatable bonds is 5. The van der Waals surface area contributed by atoms with Crippen molar-refractivity contribution in [3.05, 3.63) is 23.1 Å². The van der Waals surface area contributed by atoms with Crippen LogP contribution in [0.3, 0.4) is 0 Å². The fourth-order valence-electron chi connectivity index (χ4n) is 3.70. The molecule has 4 rings (SSSR count). The summed E-state index contributed by atoms with van der Waals surface area (Å²) in [7, 11) is 0. The Kier molecular flexibility index (Phi) is 4.07. The van der Waals surface area contributed by atoms with Crippen molar-refractivity contribution in [3.63, 3.8) is 0 Å². The van der Waals surface area contributed by atoms with Crippen molar-refractivity contribution in [2.45, 2.75) is 52.6 Å². The molecule has 3 heterocycles. The number of furan rings is 1. The number of fused-ring (bicyclic) bond motifs is 5. The number of aryl methyl sites for hydroxylation is 1. The smallest absolute Gasteiger partial charge is 0.229 e. The molecular formula is C19H24N4O2. The van der Waals surface area contributed by atoms with Gasteiger partial charge in [-0.1, -0.05) is 13.8 Å². The van der Waals surface area contributed by atoms with Crippen LogP contribution in [-0.2, 0) is 19.3 Å². The van der Waals surface area contributed by atoms with Crippen LogP contribution in [0.4, 0.5) is 5.82 Å². The van der Waals surface area contributed by atoms with E-state index in [-0.39, 0.29) is 0 Å². The summed E-state index contributed by atoms with van der Waals surface area (Å²) in [5.74, 6) is 1.17. The summed E-state index contributed by atoms with van der Waals surface area (Å²) < 4.78 is 6.08. The summed E-state index contributed by atoms with van der Waals surface area (Å²) in [6.45, 7) is 6.58. The van der Waals surface area contributed by atoms with E-state index >= 15 is 0 Å². The molecule has 0 spiro atoms. The predicted octanol–water partition coefficient (Wildman–Crippen LogP) is 3.25. The van der Waals surface area contributed by atoms with Crippen molar-refractivity contribution in [3.8, 4) is 0 Å². The summed E-state index contributed by atoms with van der Waals surface area (Å²) in [6, 6.07) is 0. The summed E-state index contributed by atoms with van der Waals surface area (Å²) >= 11 is 0. The number of nitrogens with zero attached hydrogens (tertiary/aromatic N) is 3. The standard InChI is InChI=1S/C19H24N4O2/c1-10(2)7-14-12-5-4-6-13(12)15-16-17(25-19(15)23-14)18(22-9-21-16)20-8-11(3)24/h9-11,24H,4-8H2,1-3H3,(H,20,21,22)/t11-/m1/s1. The first-order valence-electron chi connectivity index (χ1n) is 9.04. The highest BCUT2D eigenvalue weighted by Crippen LogP contribution is 2.38. The molecule has 1 atom stereocenters. The summed E-state index contributed by atoms with van der Waals surface area (Å²) in [6.07, 6.45) is 5.35. The highest BCUT2D eigenvalue weighted by atomic mass is 16.3. The molecule has 0 saturated carbocycles. The van der Waals surface area contributed by atoms with E-state index < -0.39 is 6.10 Å². The van der Waals surface area contributed by atoms with E-state index in [4.69, 9.17) is 9.40 Å². The number of hydrogen-bond acceptors (Lipinski definition) is 6. The summed E-state index contributed by atoms with van der Waals surface area (Å²) in [5, 5.41) is 13.7. The monoisotopic (exact) mass is 340 g/mol. The van der Waals surface area contributed by atoms with Crippen LogP contribution < -0.4 is 5.32 Å². The van der Waals surface area contributed by atoms with Gasteiger partial charge in [0.15, 0.2) is 11.4 Å². The van der Waals surface area contributed by atoms with E-state index in [2.05, 4.69) is 29.1 Å². The fourth-order valence-corrected chi connectivity index (χ4v) is 3.70. The van der Waals surface area contributed by atoms with Gasteiger partial charge in [-0.3, -0.25) is 0 Å². The Morgan fingerprint density at radius 3 is 2.76 bits per heavy atom. The number of pyridine rings is 1. The fraction of sp³-hybridized carbons (Fsp3) is 0.526. The number of anilines is 1. The normalized spacial score (nSPS) is 15.2. The average molecular weight is 340 g/mol. The molecule has 0 amide bonds. The number of aliphatic hydroxyl groups is 1. The van der Waals surface area contributed by atoms with Crippen molar-refractivity contribution in [2.75, 3.05) is 11.9 Å². The van der Waals surface area contributed by atoms with Gasteiger partial charge in [0.1, 0.15) is 11.8 Å². The number of hydrogen-bond donors (Lipinski definition) is 2. The lowest BCUT2D eigenvalue weighted by molar-refractivity contribution is 0.208. The van der Waals surface area contributed by atoms with Gasteiger partial charge in [-0.15, -0.1) is 0 Å². The molecule has 3 aromatic heterocycles. The second-order valence-electron chi connectivity index (χ2n) is 7.38. The van der Waals surface area contributed by atoms with Gasteiger partial charge in [-0.2, -0.15) is 0 Å². The maximum absolute atomic E-state index is 9.52. The molecule has 6 nitrogen and oxygen atoms in total. The molecule has 0 bridgehead atoms. The lowest BCUT2D eigenvalue weighted by Gasteiger charge is -2.10. The van der Waals surface area contributed by atoms with Crippen LogP contribution in [0.2, 0.25) is 0 Å². The predicted molar refractivity (Wildman–Crippen MR) is 97.8 cm³/mol. The zero-order chi connectivity index (χ0) is 17.6. The molecule has 0 aliphatic heterocycles. The van der Waals surface area contributed by atoms with Crippen LogP contribution in [0.15, 0.2) is 10.7 Å². The van der Waals surface area contributed by atoms with Crippen LogP contribution in [0, 0.1) is 5.92 Å². The Hall–Kier alpha value is -2.21. The van der Waals surface area contributed by atoms with Gasteiger partial charge in [-0.25, -0.2) is 15.0 Å². The van der Waals surface area contributed by atoms with Gasteiger partial charge in [-0.05, 0) is 49.7 Å². The first kappa shape index (κ1) is 16.3. The Morgan fingerprint density at radius 2 is 2.00 bits per heavy atom. The molecule has 1 aliphatic carbocycles. The molecule has 6 heteroatoms. The molecule has 1 aliphatic rings. The molecule has 0 saturated heterocycles. The van der Waals surface area contributed by atoms with Crippen LogP contribution in [-0.4, -0.2) is 32.7 Å². The Balaban J connectivity index is 1.92. The van der Waals surface area contributed by atoms with Crippen molar-refractivity contribution in [1.29, 1.82) is 0 Å². The van der Waals surface area contributed by atoms with E-state index in [1.807, 2.05) is 0 Å². The largest absolute Gasteiger partial charge is 0.432 e. The molecule has 2 N–H and O–H groups in total. The lowest BCUT2D eigenvalue weighted by Crippen LogP contribution is -2.16. The maximum Gasteiger partial charge on any atom is 0.229 e. The number of nitrogens with one attached hydrogen (secondary N) is 1. The molecule has 132 valence electrons. The minimum absolute atomic E-state index is 0.410. The minimum Gasteiger partial charge on any atom is -0.432 e. The summed E-state index contributed by atoms with van der Waals surface area (Å²) in [4.78, 5) is 13.6. The highest BCUT2D eigenvalue weighted by molar-refractivity contribution is 6.06. The van der Waals surface area contributed by atoms with Crippen LogP contribution in [0.5, 0.6) is 0 Å². The third-order valence-corrected chi connectivity index (χ3v) is 4.72. The lowest BCUT2D eigenvalue weighted by atomic mass is 9.99. The van der Waals surface area contributed by atoms with Crippen molar-refractivity contribution in [2.24, 2.45) is 5.92 Å². The van der Waals surface area contributed by atoms with Crippen LogP contribution in [0.1, 0.15) is 44.0 Å². The van der Waals surface area contributed by atoms with E-state index in [0.717, 1.165) is 36.6 Å². The van der Waals surface area contributed by atoms with E-state index in [0.29, 0.717) is 29.6 Å². The molecule has 0 aromatic carbocycles. The van der Waals surface area contributed by atoms with Gasteiger partial charge in [0.2, 0.25) is 5.71 Å². The first-order chi connectivity index (χ1) is 12.0. The maximum atomic E-state index is 9.52. The zero-order valence-corrected chi connectivity index (χ0v) is 15.0. The van der Waals surface area contributed by atoms with Gasteiger partial charge in [0.25, 0.3) is 0 Å². The Morgan fingerprint density at radius 1 is 1.20 bits per heavy atom. The molecule has 0 fully saturated rings. The Labute approximate surface area is 146 Å². The van der Waals surface area contributed by atoms with Gasteiger partial charge in [0, 0.05) is 12.2 Å². The molecule has 25 heavy (non-hydrogen) atoms. The van der Waals surface area contributed by atoms with Crippen LogP contribution in [0.25, 0.3) is 22.2 Å². The van der Waals surface area contributed by atoms with Gasteiger partial charge < -0.3 is 14.8 Å². The third-order valence-electron chi connectivity index (χ3n) is 4.72. The highest BCUT2D eigenvalue weighted by Gasteiger charge is 2.25. The second-order valence-corrected chi connectivity index (χ2v) is 7.38. The van der Waals surface area contributed by atoms with Gasteiger partial charge >= 0.3 is 0 Å². The minimum atomic E-state index is -0.464. The van der Waals surface area contributed by atoms with Gasteiger partial charge in [0.05, 0.1) is 11.5 Å². The van der Waals surface area contributed by atoms with E-state index in [1.54, 1.807) is 13.3 Å². The second kappa shape index (κ2) is 6.26. The van der Waals surface area contributed by atoms with Crippen molar-refractivity contribution >= 4 is 28.0 Å². The van der Waals surface area contributed by atoms with E-state index in [9.17, 15) is 5.11 Å². The quantitative estimate of drug-likeness (QED) is 0.742. The molecular weight excluding hydrogens is 316 g/mol. The SMILES string of the molecule is CC(C)Cc1nc2oc3c(NC[C@@H](C)O)ncnc3c2c2c1CCC2. The molecule has 0 unspecified atom stereocenters.